The molecule has 3 atom stereocenters. The van der Waals surface area contributed by atoms with Crippen LogP contribution in [0.4, 0.5) is 13.2 Å². The van der Waals surface area contributed by atoms with E-state index >= 15 is 0 Å². The fourth-order valence-electron chi connectivity index (χ4n) is 3.73. The van der Waals surface area contributed by atoms with Crippen molar-refractivity contribution in [3.8, 4) is 11.3 Å². The topological polar surface area (TPSA) is 26.0 Å². The van der Waals surface area contributed by atoms with Gasteiger partial charge < -0.3 is 4.52 Å². The van der Waals surface area contributed by atoms with Gasteiger partial charge in [0, 0.05) is 24.5 Å². The van der Waals surface area contributed by atoms with Gasteiger partial charge in [-0.15, -0.1) is 13.2 Å². The van der Waals surface area contributed by atoms with Gasteiger partial charge in [0.25, 0.3) is 0 Å². The van der Waals surface area contributed by atoms with Gasteiger partial charge in [-0.1, -0.05) is 45.3 Å². The second-order valence-electron chi connectivity index (χ2n) is 7.80. The third-order valence-corrected chi connectivity index (χ3v) is 5.30. The summed E-state index contributed by atoms with van der Waals surface area (Å²) in [7, 11) is 0. The Labute approximate surface area is 173 Å². The van der Waals surface area contributed by atoms with Gasteiger partial charge in [-0.2, -0.15) is 0 Å². The van der Waals surface area contributed by atoms with E-state index in [1.54, 1.807) is 19.1 Å². The minimum absolute atomic E-state index is 0.0454. The van der Waals surface area contributed by atoms with Crippen molar-refractivity contribution in [3.05, 3.63) is 54.6 Å². The molecule has 2 nitrogen and oxygen atoms in total. The average Bonchev–Trinajstić information content (AvgIpc) is 3.11. The first-order chi connectivity index (χ1) is 13.7. The number of benzene rings is 1. The number of hydrogen-bond donors (Lipinski definition) is 0. The lowest BCUT2D eigenvalue weighted by molar-refractivity contribution is -0.0709. The summed E-state index contributed by atoms with van der Waals surface area (Å²) in [5.41, 5.74) is 1.57. The molecule has 1 aromatic heterocycles. The van der Waals surface area contributed by atoms with Gasteiger partial charge in [-0.25, -0.2) is 13.2 Å². The van der Waals surface area contributed by atoms with Crippen LogP contribution in [-0.4, -0.2) is 11.1 Å². The first kappa shape index (κ1) is 25.0. The summed E-state index contributed by atoms with van der Waals surface area (Å²) in [5.74, 6) is -2.45. The van der Waals surface area contributed by atoms with Gasteiger partial charge in [-0.3, -0.25) is 0 Å². The molecular formula is C24H34F3NO. The zero-order valence-corrected chi connectivity index (χ0v) is 18.3. The van der Waals surface area contributed by atoms with Crippen molar-refractivity contribution >= 4 is 0 Å². The molecule has 1 aliphatic carbocycles. The lowest BCUT2D eigenvalue weighted by Gasteiger charge is -2.38. The highest BCUT2D eigenvalue weighted by Gasteiger charge is 2.42. The quantitative estimate of drug-likeness (QED) is 0.478. The van der Waals surface area contributed by atoms with Gasteiger partial charge in [0.2, 0.25) is 5.92 Å². The number of halogens is 3. The molecule has 29 heavy (non-hydrogen) atoms. The number of alkyl halides is 2. The molecule has 5 heteroatoms. The van der Waals surface area contributed by atoms with Crippen LogP contribution in [0.1, 0.15) is 70.6 Å². The summed E-state index contributed by atoms with van der Waals surface area (Å²) in [6.07, 6.45) is 1.60. The monoisotopic (exact) mass is 409 g/mol. The van der Waals surface area contributed by atoms with Crippen LogP contribution in [0.3, 0.4) is 0 Å². The first-order valence-corrected chi connectivity index (χ1v) is 10.3. The number of rotatable bonds is 3. The van der Waals surface area contributed by atoms with Crippen LogP contribution in [0, 0.1) is 24.6 Å². The summed E-state index contributed by atoms with van der Waals surface area (Å²) in [6.45, 7) is 15.9. The predicted molar refractivity (Wildman–Crippen MR) is 114 cm³/mol. The van der Waals surface area contributed by atoms with E-state index in [2.05, 4.69) is 32.2 Å². The zero-order valence-electron chi connectivity index (χ0n) is 18.3. The van der Waals surface area contributed by atoms with E-state index in [1.807, 2.05) is 19.9 Å². The Morgan fingerprint density at radius 2 is 1.86 bits per heavy atom. The van der Waals surface area contributed by atoms with Crippen molar-refractivity contribution in [3.63, 3.8) is 0 Å². The Morgan fingerprint density at radius 1 is 1.24 bits per heavy atom. The number of hydrogen-bond acceptors (Lipinski definition) is 2. The fraction of sp³-hybridized carbons (Fsp3) is 0.542. The largest absolute Gasteiger partial charge is 0.361 e. The molecule has 2 unspecified atom stereocenters. The Bertz CT molecular complexity index is 756. The summed E-state index contributed by atoms with van der Waals surface area (Å²) in [4.78, 5) is 0. The molecule has 1 heterocycles. The number of aromatic nitrogens is 1. The van der Waals surface area contributed by atoms with Crippen LogP contribution in [0.5, 0.6) is 0 Å². The van der Waals surface area contributed by atoms with Crippen LogP contribution in [0.15, 0.2) is 41.9 Å². The minimum atomic E-state index is -2.61. The van der Waals surface area contributed by atoms with Gasteiger partial charge in [0.15, 0.2) is 0 Å². The van der Waals surface area contributed by atoms with Gasteiger partial charge in [-0.05, 0) is 48.8 Å². The maximum atomic E-state index is 14.5. The van der Waals surface area contributed by atoms with Crippen molar-refractivity contribution in [2.24, 2.45) is 11.8 Å². The fourth-order valence-corrected chi connectivity index (χ4v) is 3.73. The smallest absolute Gasteiger partial charge is 0.248 e. The maximum Gasteiger partial charge on any atom is 0.248 e. The number of aryl methyl sites for hydroxylation is 1. The standard InChI is InChI=1S/C19H22F3NO.C3H8.C2H4/c1-11-6-7-19(21,22)10-16(11)13(3)14-4-5-15(17(20)9-14)18-8-12(2)24-23-18;1-3-2;1-2/h4-5,8-9,11,13,16H,6-7,10H2,1-3H3;3H2,1-2H3;1-2H2/t11?,13?,16-;;/m0../s1. The molecule has 1 aliphatic rings. The molecule has 3 rings (SSSR count). The molecule has 0 saturated heterocycles. The van der Waals surface area contributed by atoms with Crippen molar-refractivity contribution in [1.82, 2.24) is 5.16 Å². The van der Waals surface area contributed by atoms with Crippen LogP contribution < -0.4 is 0 Å². The minimum Gasteiger partial charge on any atom is -0.361 e. The normalized spacial score (nSPS) is 21.2. The van der Waals surface area contributed by atoms with Crippen LogP contribution in [-0.2, 0) is 0 Å². The molecule has 0 radical (unpaired) electrons. The molecule has 162 valence electrons. The molecule has 0 amide bonds. The van der Waals surface area contributed by atoms with E-state index in [-0.39, 0.29) is 30.6 Å². The van der Waals surface area contributed by atoms with Gasteiger partial charge in [0.05, 0.1) is 0 Å². The zero-order chi connectivity index (χ0) is 22.2. The van der Waals surface area contributed by atoms with Gasteiger partial charge >= 0.3 is 0 Å². The van der Waals surface area contributed by atoms with Crippen molar-refractivity contribution in [2.75, 3.05) is 0 Å². The van der Waals surface area contributed by atoms with E-state index < -0.39 is 11.7 Å². The van der Waals surface area contributed by atoms with Gasteiger partial charge in [0.1, 0.15) is 17.3 Å². The molecule has 0 bridgehead atoms. The van der Waals surface area contributed by atoms with E-state index in [1.165, 1.54) is 12.5 Å². The third kappa shape index (κ3) is 6.76. The van der Waals surface area contributed by atoms with Crippen molar-refractivity contribution in [2.45, 2.75) is 72.1 Å². The molecule has 1 saturated carbocycles. The Balaban J connectivity index is 0.000000771. The predicted octanol–water partition coefficient (Wildman–Crippen LogP) is 8.18. The van der Waals surface area contributed by atoms with Crippen LogP contribution in [0.2, 0.25) is 0 Å². The lowest BCUT2D eigenvalue weighted by atomic mass is 9.70. The van der Waals surface area contributed by atoms with E-state index in [0.29, 0.717) is 23.4 Å². The van der Waals surface area contributed by atoms with Crippen molar-refractivity contribution < 1.29 is 17.7 Å². The molecule has 0 N–H and O–H groups in total. The Hall–Kier alpha value is -2.04. The SMILES string of the molecule is C=C.CCC.Cc1cc(-c2ccc(C(C)[C@H]3CC(F)(F)CCC3C)cc2F)no1. The Kier molecular flexibility index (Phi) is 9.67. The second kappa shape index (κ2) is 11.2. The summed E-state index contributed by atoms with van der Waals surface area (Å²) < 4.78 is 47.0. The molecule has 1 aromatic carbocycles. The summed E-state index contributed by atoms with van der Waals surface area (Å²) in [6, 6.07) is 6.59. The van der Waals surface area contributed by atoms with E-state index in [9.17, 15) is 13.2 Å². The molecule has 0 spiro atoms. The third-order valence-electron chi connectivity index (χ3n) is 5.30. The number of nitrogens with zero attached hydrogens (tertiary/aromatic N) is 1. The first-order valence-electron chi connectivity index (χ1n) is 10.3. The highest BCUT2D eigenvalue weighted by Crippen LogP contribution is 2.46. The average molecular weight is 410 g/mol. The summed E-state index contributed by atoms with van der Waals surface area (Å²) >= 11 is 0. The summed E-state index contributed by atoms with van der Waals surface area (Å²) in [5, 5.41) is 3.83. The molecule has 1 fully saturated rings. The van der Waals surface area contributed by atoms with Crippen molar-refractivity contribution in [1.29, 1.82) is 0 Å². The highest BCUT2D eigenvalue weighted by atomic mass is 19.3. The van der Waals surface area contributed by atoms with Crippen LogP contribution >= 0.6 is 0 Å². The van der Waals surface area contributed by atoms with Crippen LogP contribution in [0.25, 0.3) is 11.3 Å². The highest BCUT2D eigenvalue weighted by molar-refractivity contribution is 5.60. The van der Waals surface area contributed by atoms with E-state index in [4.69, 9.17) is 4.52 Å². The lowest BCUT2D eigenvalue weighted by Crippen LogP contribution is -2.34. The Morgan fingerprint density at radius 3 is 2.38 bits per heavy atom. The molecule has 2 aromatic rings. The molecular weight excluding hydrogens is 375 g/mol. The second-order valence-corrected chi connectivity index (χ2v) is 7.80. The van der Waals surface area contributed by atoms with E-state index in [0.717, 1.165) is 5.56 Å². The molecule has 0 aliphatic heterocycles. The maximum absolute atomic E-state index is 14.5.